The predicted octanol–water partition coefficient (Wildman–Crippen LogP) is 2.85. The molecule has 3 rings (SSSR count). The summed E-state index contributed by atoms with van der Waals surface area (Å²) in [6.45, 7) is 8.14. The van der Waals surface area contributed by atoms with Crippen LogP contribution in [-0.2, 0) is 9.59 Å². The number of nitrogens with one attached hydrogen (secondary N) is 2. The maximum Gasteiger partial charge on any atom is 0.266 e. The number of ether oxygens (including phenoxy) is 1. The van der Waals surface area contributed by atoms with E-state index in [-0.39, 0.29) is 18.2 Å². The lowest BCUT2D eigenvalue weighted by molar-refractivity contribution is -0.130. The summed E-state index contributed by atoms with van der Waals surface area (Å²) in [6, 6.07) is 6.86. The van der Waals surface area contributed by atoms with Gasteiger partial charge in [0, 0.05) is 25.2 Å². The van der Waals surface area contributed by atoms with Crippen LogP contribution in [0.3, 0.4) is 0 Å². The zero-order valence-electron chi connectivity index (χ0n) is 16.6. The largest absolute Gasteiger partial charge is 0.478 e. The van der Waals surface area contributed by atoms with Gasteiger partial charge in [-0.3, -0.25) is 14.5 Å². The first-order chi connectivity index (χ1) is 12.9. The molecule has 148 valence electrons. The van der Waals surface area contributed by atoms with E-state index in [1.165, 1.54) is 19.3 Å². The van der Waals surface area contributed by atoms with Crippen LogP contribution in [-0.4, -0.2) is 48.0 Å². The molecule has 0 unspecified atom stereocenters. The van der Waals surface area contributed by atoms with Crippen LogP contribution in [0.15, 0.2) is 18.2 Å². The molecule has 0 aromatic heterocycles. The minimum atomic E-state index is -0.776. The molecular formula is C21H31N3O3. The van der Waals surface area contributed by atoms with Gasteiger partial charge in [0.1, 0.15) is 5.75 Å². The van der Waals surface area contributed by atoms with Crippen molar-refractivity contribution in [1.29, 1.82) is 0 Å². The molecule has 2 amide bonds. The summed E-state index contributed by atoms with van der Waals surface area (Å²) >= 11 is 0. The van der Waals surface area contributed by atoms with Gasteiger partial charge in [0.05, 0.1) is 12.1 Å². The summed E-state index contributed by atoms with van der Waals surface area (Å²) in [5.41, 5.74) is 1.72. The van der Waals surface area contributed by atoms with E-state index in [2.05, 4.69) is 29.4 Å². The molecule has 3 atom stereocenters. The van der Waals surface area contributed by atoms with Crippen molar-refractivity contribution >= 4 is 17.5 Å². The average Bonchev–Trinajstić information content (AvgIpc) is 2.61. The SMILES string of the molecule is Cc1ccc2c(c1)NC(=O)[C@H](CC(=O)NCCCN1[C@H](C)CCC[C@@H]1C)O2. The Morgan fingerprint density at radius 1 is 1.30 bits per heavy atom. The number of amides is 2. The highest BCUT2D eigenvalue weighted by Gasteiger charge is 2.29. The number of piperidine rings is 1. The fourth-order valence-corrected chi connectivity index (χ4v) is 4.04. The molecule has 2 heterocycles. The summed E-state index contributed by atoms with van der Waals surface area (Å²) < 4.78 is 5.72. The zero-order valence-corrected chi connectivity index (χ0v) is 16.6. The number of aryl methyl sites for hydroxylation is 1. The minimum Gasteiger partial charge on any atom is -0.478 e. The molecule has 1 aromatic rings. The van der Waals surface area contributed by atoms with Crippen LogP contribution >= 0.6 is 0 Å². The second-order valence-electron chi connectivity index (χ2n) is 7.87. The van der Waals surface area contributed by atoms with Crippen LogP contribution in [0.25, 0.3) is 0 Å². The Balaban J connectivity index is 1.42. The average molecular weight is 373 g/mol. The summed E-state index contributed by atoms with van der Waals surface area (Å²) in [4.78, 5) is 26.9. The van der Waals surface area contributed by atoms with Gasteiger partial charge in [-0.15, -0.1) is 0 Å². The number of fused-ring (bicyclic) bond motifs is 1. The van der Waals surface area contributed by atoms with Gasteiger partial charge in [-0.25, -0.2) is 0 Å². The number of hydrogen-bond acceptors (Lipinski definition) is 4. The Kier molecular flexibility index (Phi) is 6.37. The first kappa shape index (κ1) is 19.7. The van der Waals surface area contributed by atoms with Crippen LogP contribution in [0.5, 0.6) is 5.75 Å². The van der Waals surface area contributed by atoms with E-state index in [0.717, 1.165) is 18.5 Å². The van der Waals surface area contributed by atoms with Crippen LogP contribution < -0.4 is 15.4 Å². The molecule has 1 saturated heterocycles. The first-order valence-electron chi connectivity index (χ1n) is 10.0. The standard InChI is InChI=1S/C21H31N3O3/c1-14-8-9-18-17(12-14)23-21(26)19(27-18)13-20(25)22-10-5-11-24-15(2)6-4-7-16(24)3/h8-9,12,15-16,19H,4-7,10-11,13H2,1-3H3,(H,22,25)(H,23,26)/t15-,16+,19-/m0/s1. The number of rotatable bonds is 6. The molecule has 0 aliphatic carbocycles. The maximum absolute atomic E-state index is 12.2. The molecule has 6 nitrogen and oxygen atoms in total. The van der Waals surface area contributed by atoms with E-state index in [4.69, 9.17) is 4.74 Å². The molecule has 1 fully saturated rings. The van der Waals surface area contributed by atoms with Crippen molar-refractivity contribution in [2.24, 2.45) is 0 Å². The summed E-state index contributed by atoms with van der Waals surface area (Å²) in [5, 5.41) is 5.75. The number of carbonyl (C=O) groups is 2. The van der Waals surface area contributed by atoms with Gasteiger partial charge in [0.2, 0.25) is 5.91 Å². The number of carbonyl (C=O) groups excluding carboxylic acids is 2. The van der Waals surface area contributed by atoms with Gasteiger partial charge in [0.25, 0.3) is 5.91 Å². The molecule has 6 heteroatoms. The quantitative estimate of drug-likeness (QED) is 0.752. The van der Waals surface area contributed by atoms with Gasteiger partial charge in [-0.2, -0.15) is 0 Å². The van der Waals surface area contributed by atoms with Crippen LogP contribution in [0, 0.1) is 6.92 Å². The number of likely N-dealkylation sites (tertiary alicyclic amines) is 1. The summed E-state index contributed by atoms with van der Waals surface area (Å²) in [6.07, 6.45) is 4.00. The third-order valence-corrected chi connectivity index (χ3v) is 5.62. The van der Waals surface area contributed by atoms with Gasteiger partial charge in [-0.05, 0) is 57.7 Å². The van der Waals surface area contributed by atoms with E-state index < -0.39 is 6.10 Å². The fraction of sp³-hybridized carbons (Fsp3) is 0.619. The van der Waals surface area contributed by atoms with Gasteiger partial charge in [0.15, 0.2) is 6.10 Å². The Morgan fingerprint density at radius 2 is 2.04 bits per heavy atom. The van der Waals surface area contributed by atoms with Crippen molar-refractivity contribution in [3.05, 3.63) is 23.8 Å². The molecule has 27 heavy (non-hydrogen) atoms. The monoisotopic (exact) mass is 373 g/mol. The van der Waals surface area contributed by atoms with E-state index in [0.29, 0.717) is 30.1 Å². The van der Waals surface area contributed by atoms with Gasteiger partial charge in [-0.1, -0.05) is 12.5 Å². The molecule has 0 radical (unpaired) electrons. The lowest BCUT2D eigenvalue weighted by Gasteiger charge is -2.39. The second kappa shape index (κ2) is 8.74. The molecule has 0 saturated carbocycles. The van der Waals surface area contributed by atoms with E-state index in [1.807, 2.05) is 25.1 Å². The van der Waals surface area contributed by atoms with Crippen LogP contribution in [0.4, 0.5) is 5.69 Å². The molecule has 0 spiro atoms. The van der Waals surface area contributed by atoms with E-state index >= 15 is 0 Å². The third-order valence-electron chi connectivity index (χ3n) is 5.62. The summed E-state index contributed by atoms with van der Waals surface area (Å²) in [7, 11) is 0. The van der Waals surface area contributed by atoms with Crippen molar-refractivity contribution in [2.75, 3.05) is 18.4 Å². The molecule has 2 aliphatic heterocycles. The zero-order chi connectivity index (χ0) is 19.4. The Morgan fingerprint density at radius 3 is 2.78 bits per heavy atom. The second-order valence-corrected chi connectivity index (χ2v) is 7.87. The molecule has 2 aliphatic rings. The highest BCUT2D eigenvalue weighted by Crippen LogP contribution is 2.31. The molecule has 1 aromatic carbocycles. The lowest BCUT2D eigenvalue weighted by atomic mass is 9.97. The van der Waals surface area contributed by atoms with Crippen molar-refractivity contribution in [3.63, 3.8) is 0 Å². The van der Waals surface area contributed by atoms with E-state index in [1.54, 1.807) is 0 Å². The number of benzene rings is 1. The Labute approximate surface area is 161 Å². The number of nitrogens with zero attached hydrogens (tertiary/aromatic N) is 1. The maximum atomic E-state index is 12.2. The lowest BCUT2D eigenvalue weighted by Crippen LogP contribution is -2.45. The third kappa shape index (κ3) is 5.01. The highest BCUT2D eigenvalue weighted by molar-refractivity contribution is 6.00. The van der Waals surface area contributed by atoms with Crippen LogP contribution in [0.1, 0.15) is 51.5 Å². The normalized spacial score (nSPS) is 25.3. The summed E-state index contributed by atoms with van der Waals surface area (Å²) in [5.74, 6) is 0.204. The Bertz CT molecular complexity index is 681. The fourth-order valence-electron chi connectivity index (χ4n) is 4.04. The molecular weight excluding hydrogens is 342 g/mol. The highest BCUT2D eigenvalue weighted by atomic mass is 16.5. The van der Waals surface area contributed by atoms with Crippen molar-refractivity contribution in [3.8, 4) is 5.75 Å². The van der Waals surface area contributed by atoms with Gasteiger partial charge < -0.3 is 15.4 Å². The van der Waals surface area contributed by atoms with Crippen LogP contribution in [0.2, 0.25) is 0 Å². The molecule has 0 bridgehead atoms. The van der Waals surface area contributed by atoms with Crippen molar-refractivity contribution in [2.45, 2.75) is 71.1 Å². The van der Waals surface area contributed by atoms with Crippen molar-refractivity contribution in [1.82, 2.24) is 10.2 Å². The Hall–Kier alpha value is -2.08. The van der Waals surface area contributed by atoms with Crippen molar-refractivity contribution < 1.29 is 14.3 Å². The number of anilines is 1. The minimum absolute atomic E-state index is 0.0374. The van der Waals surface area contributed by atoms with Gasteiger partial charge >= 0.3 is 0 Å². The first-order valence-corrected chi connectivity index (χ1v) is 10.0. The number of hydrogen-bond donors (Lipinski definition) is 2. The van der Waals surface area contributed by atoms with E-state index in [9.17, 15) is 9.59 Å². The smallest absolute Gasteiger partial charge is 0.266 e. The molecule has 2 N–H and O–H groups in total. The topological polar surface area (TPSA) is 70.7 Å². The predicted molar refractivity (Wildman–Crippen MR) is 106 cm³/mol.